The van der Waals surface area contributed by atoms with E-state index in [0.717, 1.165) is 0 Å². The fourth-order valence-electron chi connectivity index (χ4n) is 1.50. The molecule has 0 radical (unpaired) electrons. The molecule has 0 bridgehead atoms. The van der Waals surface area contributed by atoms with E-state index >= 15 is 0 Å². The molecule has 0 aliphatic heterocycles. The van der Waals surface area contributed by atoms with Crippen molar-refractivity contribution in [2.24, 2.45) is 0 Å². The first kappa shape index (κ1) is 13.6. The van der Waals surface area contributed by atoms with Gasteiger partial charge in [-0.2, -0.15) is 0 Å². The molecule has 98 valence electrons. The molecule has 3 N–H and O–H groups in total. The van der Waals surface area contributed by atoms with Crippen molar-refractivity contribution >= 4 is 45.1 Å². The first-order valence-corrected chi connectivity index (χ1v) is 6.32. The minimum atomic E-state index is -1.12. The van der Waals surface area contributed by atoms with Gasteiger partial charge in [0.25, 0.3) is 5.91 Å². The number of halogens is 2. The van der Waals surface area contributed by atoms with Gasteiger partial charge in [-0.25, -0.2) is 4.79 Å². The van der Waals surface area contributed by atoms with E-state index < -0.39 is 11.9 Å². The molecule has 0 atom stereocenters. The maximum atomic E-state index is 11.9. The third-order valence-electron chi connectivity index (χ3n) is 2.35. The molecule has 19 heavy (non-hydrogen) atoms. The second-order valence-electron chi connectivity index (χ2n) is 3.68. The molecule has 1 heterocycles. The van der Waals surface area contributed by atoms with E-state index in [4.69, 9.17) is 16.7 Å². The SMILES string of the molecule is O=C(Nc1cc(Br)ccc1C(=O)O)c1cc(Cl)c[nH]1. The average Bonchev–Trinajstić information content (AvgIpc) is 2.75. The Labute approximate surface area is 121 Å². The minimum absolute atomic E-state index is 0.00852. The zero-order chi connectivity index (χ0) is 14.0. The molecular weight excluding hydrogens is 336 g/mol. The van der Waals surface area contributed by atoms with Crippen molar-refractivity contribution in [3.8, 4) is 0 Å². The highest BCUT2D eigenvalue weighted by atomic mass is 79.9. The van der Waals surface area contributed by atoms with Crippen LogP contribution in [0, 0.1) is 0 Å². The Bertz CT molecular complexity index is 654. The lowest BCUT2D eigenvalue weighted by molar-refractivity contribution is 0.0698. The summed E-state index contributed by atoms with van der Waals surface area (Å²) in [6.07, 6.45) is 1.47. The van der Waals surface area contributed by atoms with Crippen LogP contribution in [-0.4, -0.2) is 22.0 Å². The van der Waals surface area contributed by atoms with Crippen LogP contribution in [0.3, 0.4) is 0 Å². The number of amides is 1. The highest BCUT2D eigenvalue weighted by Gasteiger charge is 2.14. The van der Waals surface area contributed by atoms with Gasteiger partial charge in [0.05, 0.1) is 16.3 Å². The molecule has 0 spiro atoms. The van der Waals surface area contributed by atoms with Crippen molar-refractivity contribution in [3.05, 3.63) is 51.2 Å². The standard InChI is InChI=1S/C12H8BrClN2O3/c13-6-1-2-8(12(18)19)9(3-6)16-11(17)10-4-7(14)5-15-10/h1-5,15H,(H,16,17)(H,18,19). The Morgan fingerprint density at radius 2 is 2.05 bits per heavy atom. The van der Waals surface area contributed by atoms with Crippen molar-refractivity contribution in [3.63, 3.8) is 0 Å². The summed E-state index contributed by atoms with van der Waals surface area (Å²) in [6, 6.07) is 5.97. The number of carboxylic acids is 1. The largest absolute Gasteiger partial charge is 0.478 e. The fourth-order valence-corrected chi connectivity index (χ4v) is 2.02. The van der Waals surface area contributed by atoms with Crippen LogP contribution < -0.4 is 5.32 Å². The molecular formula is C12H8BrClN2O3. The van der Waals surface area contributed by atoms with E-state index in [0.29, 0.717) is 9.50 Å². The molecule has 0 aliphatic carbocycles. The highest BCUT2D eigenvalue weighted by Crippen LogP contribution is 2.22. The minimum Gasteiger partial charge on any atom is -0.478 e. The van der Waals surface area contributed by atoms with Crippen LogP contribution in [0.2, 0.25) is 5.02 Å². The second kappa shape index (κ2) is 5.46. The zero-order valence-electron chi connectivity index (χ0n) is 9.41. The summed E-state index contributed by atoms with van der Waals surface area (Å²) in [5.41, 5.74) is 0.466. The number of hydrogen-bond acceptors (Lipinski definition) is 2. The van der Waals surface area contributed by atoms with E-state index in [1.54, 1.807) is 6.07 Å². The molecule has 0 aliphatic rings. The van der Waals surface area contributed by atoms with Gasteiger partial charge in [-0.05, 0) is 24.3 Å². The predicted octanol–water partition coefficient (Wildman–Crippen LogP) is 3.38. The second-order valence-corrected chi connectivity index (χ2v) is 5.03. The summed E-state index contributed by atoms with van der Waals surface area (Å²) in [7, 11) is 0. The summed E-state index contributed by atoms with van der Waals surface area (Å²) >= 11 is 8.92. The Hall–Kier alpha value is -1.79. The third-order valence-corrected chi connectivity index (χ3v) is 3.06. The average molecular weight is 344 g/mol. The summed E-state index contributed by atoms with van der Waals surface area (Å²) in [5, 5.41) is 12.0. The summed E-state index contributed by atoms with van der Waals surface area (Å²) in [6.45, 7) is 0. The Morgan fingerprint density at radius 3 is 2.63 bits per heavy atom. The topological polar surface area (TPSA) is 82.2 Å². The van der Waals surface area contributed by atoms with Gasteiger partial charge in [0.15, 0.2) is 0 Å². The van der Waals surface area contributed by atoms with Crippen molar-refractivity contribution < 1.29 is 14.7 Å². The monoisotopic (exact) mass is 342 g/mol. The highest BCUT2D eigenvalue weighted by molar-refractivity contribution is 9.10. The van der Waals surface area contributed by atoms with Crippen LogP contribution >= 0.6 is 27.5 Å². The van der Waals surface area contributed by atoms with Gasteiger partial charge >= 0.3 is 5.97 Å². The fraction of sp³-hybridized carbons (Fsp3) is 0. The molecule has 0 saturated heterocycles. The number of benzene rings is 1. The molecule has 7 heteroatoms. The number of aromatic amines is 1. The van der Waals surface area contributed by atoms with Gasteiger partial charge in [-0.1, -0.05) is 27.5 Å². The number of hydrogen-bond donors (Lipinski definition) is 3. The lowest BCUT2D eigenvalue weighted by atomic mass is 10.2. The van der Waals surface area contributed by atoms with Gasteiger partial charge < -0.3 is 15.4 Å². The number of aromatic nitrogens is 1. The predicted molar refractivity (Wildman–Crippen MR) is 74.9 cm³/mol. The van der Waals surface area contributed by atoms with Crippen LogP contribution in [0.1, 0.15) is 20.8 Å². The smallest absolute Gasteiger partial charge is 0.337 e. The maximum absolute atomic E-state index is 11.9. The third kappa shape index (κ3) is 3.15. The molecule has 0 fully saturated rings. The van der Waals surface area contributed by atoms with Crippen molar-refractivity contribution in [1.29, 1.82) is 0 Å². The van der Waals surface area contributed by atoms with E-state index in [-0.39, 0.29) is 16.9 Å². The molecule has 1 aromatic carbocycles. The number of carbonyl (C=O) groups excluding carboxylic acids is 1. The lowest BCUT2D eigenvalue weighted by Gasteiger charge is -2.08. The Kier molecular flexibility index (Phi) is 3.92. The van der Waals surface area contributed by atoms with Gasteiger partial charge in [0.2, 0.25) is 0 Å². The molecule has 0 unspecified atom stereocenters. The number of anilines is 1. The molecule has 0 saturated carbocycles. The number of H-pyrrole nitrogens is 1. The van der Waals surface area contributed by atoms with Gasteiger partial charge in [0, 0.05) is 10.7 Å². The summed E-state index contributed by atoms with van der Waals surface area (Å²) in [5.74, 6) is -1.58. The van der Waals surface area contributed by atoms with Gasteiger partial charge in [-0.3, -0.25) is 4.79 Å². The first-order chi connectivity index (χ1) is 8.97. The van der Waals surface area contributed by atoms with Crippen LogP contribution in [-0.2, 0) is 0 Å². The summed E-state index contributed by atoms with van der Waals surface area (Å²) in [4.78, 5) is 25.6. The first-order valence-electron chi connectivity index (χ1n) is 5.15. The zero-order valence-corrected chi connectivity index (χ0v) is 11.7. The van der Waals surface area contributed by atoms with Gasteiger partial charge in [-0.15, -0.1) is 0 Å². The number of rotatable bonds is 3. The van der Waals surface area contributed by atoms with E-state index in [9.17, 15) is 9.59 Å². The van der Waals surface area contributed by atoms with E-state index in [1.165, 1.54) is 24.4 Å². The molecule has 5 nitrogen and oxygen atoms in total. The van der Waals surface area contributed by atoms with Crippen LogP contribution in [0.5, 0.6) is 0 Å². The van der Waals surface area contributed by atoms with Crippen LogP contribution in [0.25, 0.3) is 0 Å². The van der Waals surface area contributed by atoms with E-state index in [1.807, 2.05) is 0 Å². The van der Waals surface area contributed by atoms with Crippen LogP contribution in [0.15, 0.2) is 34.9 Å². The summed E-state index contributed by atoms with van der Waals surface area (Å²) < 4.78 is 0.664. The van der Waals surface area contributed by atoms with Crippen molar-refractivity contribution in [2.45, 2.75) is 0 Å². The van der Waals surface area contributed by atoms with Gasteiger partial charge in [0.1, 0.15) is 5.69 Å². The molecule has 1 amide bonds. The number of nitrogens with one attached hydrogen (secondary N) is 2. The Balaban J connectivity index is 2.30. The normalized spacial score (nSPS) is 10.2. The lowest BCUT2D eigenvalue weighted by Crippen LogP contribution is -2.15. The molecule has 1 aromatic heterocycles. The van der Waals surface area contributed by atoms with Crippen LogP contribution in [0.4, 0.5) is 5.69 Å². The quantitative estimate of drug-likeness (QED) is 0.799. The van der Waals surface area contributed by atoms with Crippen molar-refractivity contribution in [1.82, 2.24) is 4.98 Å². The number of aromatic carboxylic acids is 1. The van der Waals surface area contributed by atoms with E-state index in [2.05, 4.69) is 26.2 Å². The number of carbonyl (C=O) groups is 2. The maximum Gasteiger partial charge on any atom is 0.337 e. The number of carboxylic acid groups (broad SMARTS) is 1. The Morgan fingerprint density at radius 1 is 1.32 bits per heavy atom. The van der Waals surface area contributed by atoms with Crippen molar-refractivity contribution in [2.75, 3.05) is 5.32 Å². The molecule has 2 rings (SSSR count). The molecule has 2 aromatic rings.